The average Bonchev–Trinajstić information content (AvgIpc) is 2.40. The van der Waals surface area contributed by atoms with Gasteiger partial charge in [0.2, 0.25) is 0 Å². The van der Waals surface area contributed by atoms with Gasteiger partial charge in [-0.1, -0.05) is 31.2 Å². The molecule has 0 radical (unpaired) electrons. The summed E-state index contributed by atoms with van der Waals surface area (Å²) < 4.78 is 0. The van der Waals surface area contributed by atoms with E-state index in [-0.39, 0.29) is 5.92 Å². The van der Waals surface area contributed by atoms with Gasteiger partial charge >= 0.3 is 0 Å². The Labute approximate surface area is 114 Å². The van der Waals surface area contributed by atoms with Gasteiger partial charge in [0, 0.05) is 11.3 Å². The molecule has 1 atom stereocenters. The van der Waals surface area contributed by atoms with E-state index in [9.17, 15) is 0 Å². The van der Waals surface area contributed by atoms with E-state index in [0.717, 1.165) is 23.4 Å². The standard InChI is InChI=1S/C16H17N3/c1-4-13(10-17)16-18-12(3)9-15(19-16)14-8-6-5-7-11(14)2/h5-9,13H,4H2,1-3H3. The van der Waals surface area contributed by atoms with E-state index in [1.807, 2.05) is 38.1 Å². The predicted octanol–water partition coefficient (Wildman–Crippen LogP) is 3.78. The van der Waals surface area contributed by atoms with Crippen molar-refractivity contribution < 1.29 is 0 Å². The maximum Gasteiger partial charge on any atom is 0.146 e. The van der Waals surface area contributed by atoms with Crippen molar-refractivity contribution in [1.82, 2.24) is 9.97 Å². The van der Waals surface area contributed by atoms with Crippen LogP contribution in [0.1, 0.15) is 36.3 Å². The molecule has 1 aromatic heterocycles. The minimum Gasteiger partial charge on any atom is -0.237 e. The Hall–Kier alpha value is -2.21. The quantitative estimate of drug-likeness (QED) is 0.834. The van der Waals surface area contributed by atoms with E-state index in [0.29, 0.717) is 5.82 Å². The third kappa shape index (κ3) is 2.79. The van der Waals surface area contributed by atoms with Crippen LogP contribution in [0, 0.1) is 25.2 Å². The lowest BCUT2D eigenvalue weighted by molar-refractivity contribution is 0.746. The van der Waals surface area contributed by atoms with E-state index in [4.69, 9.17) is 5.26 Å². The highest BCUT2D eigenvalue weighted by atomic mass is 14.9. The minimum atomic E-state index is -0.234. The van der Waals surface area contributed by atoms with Crippen LogP contribution in [-0.4, -0.2) is 9.97 Å². The monoisotopic (exact) mass is 251 g/mol. The molecule has 1 unspecified atom stereocenters. The molecule has 0 N–H and O–H groups in total. The molecule has 3 heteroatoms. The van der Waals surface area contributed by atoms with Crippen LogP contribution in [0.2, 0.25) is 0 Å². The molecule has 0 aliphatic heterocycles. The van der Waals surface area contributed by atoms with Crippen LogP contribution < -0.4 is 0 Å². The lowest BCUT2D eigenvalue weighted by Crippen LogP contribution is -2.04. The number of rotatable bonds is 3. The maximum absolute atomic E-state index is 9.16. The van der Waals surface area contributed by atoms with Gasteiger partial charge < -0.3 is 0 Å². The van der Waals surface area contributed by atoms with Crippen molar-refractivity contribution in [1.29, 1.82) is 5.26 Å². The van der Waals surface area contributed by atoms with Crippen molar-refractivity contribution in [3.63, 3.8) is 0 Å². The summed E-state index contributed by atoms with van der Waals surface area (Å²) in [7, 11) is 0. The molecule has 0 amide bonds. The molecule has 0 aliphatic carbocycles. The Kier molecular flexibility index (Phi) is 3.91. The first-order valence-corrected chi connectivity index (χ1v) is 6.47. The Morgan fingerprint density at radius 2 is 1.95 bits per heavy atom. The second-order valence-electron chi connectivity index (χ2n) is 4.66. The molecule has 0 aliphatic rings. The van der Waals surface area contributed by atoms with Crippen molar-refractivity contribution in [2.45, 2.75) is 33.1 Å². The molecule has 1 aromatic carbocycles. The fourth-order valence-electron chi connectivity index (χ4n) is 2.08. The fraction of sp³-hybridized carbons (Fsp3) is 0.312. The van der Waals surface area contributed by atoms with Crippen LogP contribution in [0.15, 0.2) is 30.3 Å². The second-order valence-corrected chi connectivity index (χ2v) is 4.66. The van der Waals surface area contributed by atoms with E-state index >= 15 is 0 Å². The summed E-state index contributed by atoms with van der Waals surface area (Å²) in [4.78, 5) is 8.97. The highest BCUT2D eigenvalue weighted by molar-refractivity contribution is 5.63. The van der Waals surface area contributed by atoms with Gasteiger partial charge in [-0.15, -0.1) is 0 Å². The van der Waals surface area contributed by atoms with E-state index in [1.54, 1.807) is 0 Å². The minimum absolute atomic E-state index is 0.234. The highest BCUT2D eigenvalue weighted by Gasteiger charge is 2.14. The van der Waals surface area contributed by atoms with Crippen molar-refractivity contribution >= 4 is 0 Å². The van der Waals surface area contributed by atoms with Gasteiger partial charge in [-0.05, 0) is 31.9 Å². The zero-order valence-corrected chi connectivity index (χ0v) is 11.5. The summed E-state index contributed by atoms with van der Waals surface area (Å²) >= 11 is 0. The van der Waals surface area contributed by atoms with Crippen LogP contribution in [0.25, 0.3) is 11.3 Å². The second kappa shape index (κ2) is 5.62. The summed E-state index contributed by atoms with van der Waals surface area (Å²) in [5.41, 5.74) is 4.07. The smallest absolute Gasteiger partial charge is 0.146 e. The van der Waals surface area contributed by atoms with Crippen LogP contribution in [0.5, 0.6) is 0 Å². The van der Waals surface area contributed by atoms with Gasteiger partial charge in [-0.2, -0.15) is 5.26 Å². The Balaban J connectivity index is 2.54. The molecule has 0 saturated carbocycles. The van der Waals surface area contributed by atoms with E-state index in [1.165, 1.54) is 5.56 Å². The molecule has 96 valence electrons. The first kappa shape index (κ1) is 13.2. The van der Waals surface area contributed by atoms with Crippen molar-refractivity contribution in [3.05, 3.63) is 47.4 Å². The zero-order chi connectivity index (χ0) is 13.8. The molecule has 0 fully saturated rings. The molecule has 0 spiro atoms. The molecule has 1 heterocycles. The van der Waals surface area contributed by atoms with Gasteiger partial charge in [-0.25, -0.2) is 9.97 Å². The van der Waals surface area contributed by atoms with E-state index < -0.39 is 0 Å². The lowest BCUT2D eigenvalue weighted by atomic mass is 10.0. The Morgan fingerprint density at radius 3 is 2.58 bits per heavy atom. The van der Waals surface area contributed by atoms with Crippen molar-refractivity contribution in [2.24, 2.45) is 0 Å². The first-order valence-electron chi connectivity index (χ1n) is 6.47. The van der Waals surface area contributed by atoms with Crippen molar-refractivity contribution in [3.8, 4) is 17.3 Å². The largest absolute Gasteiger partial charge is 0.237 e. The number of hydrogen-bond donors (Lipinski definition) is 0. The molecule has 3 nitrogen and oxygen atoms in total. The predicted molar refractivity (Wildman–Crippen MR) is 75.6 cm³/mol. The molecule has 0 bridgehead atoms. The number of aromatic nitrogens is 2. The SMILES string of the molecule is CCC(C#N)c1nc(C)cc(-c2ccccc2C)n1. The molecule has 2 aromatic rings. The Morgan fingerprint density at radius 1 is 1.21 bits per heavy atom. The molecule has 0 saturated heterocycles. The number of aryl methyl sites for hydroxylation is 2. The van der Waals surface area contributed by atoms with Crippen LogP contribution in [-0.2, 0) is 0 Å². The number of nitriles is 1. The number of nitrogens with zero attached hydrogens (tertiary/aromatic N) is 3. The number of benzene rings is 1. The lowest BCUT2D eigenvalue weighted by Gasteiger charge is -2.10. The van der Waals surface area contributed by atoms with Crippen LogP contribution >= 0.6 is 0 Å². The summed E-state index contributed by atoms with van der Waals surface area (Å²) in [6, 6.07) is 12.4. The van der Waals surface area contributed by atoms with E-state index in [2.05, 4.69) is 29.0 Å². The topological polar surface area (TPSA) is 49.6 Å². The molecular formula is C16H17N3. The average molecular weight is 251 g/mol. The summed E-state index contributed by atoms with van der Waals surface area (Å²) in [5.74, 6) is 0.394. The molecule has 2 rings (SSSR count). The van der Waals surface area contributed by atoms with Gasteiger partial charge in [0.25, 0.3) is 0 Å². The Bertz CT molecular complexity index is 626. The third-order valence-corrected chi connectivity index (χ3v) is 3.17. The van der Waals surface area contributed by atoms with Crippen LogP contribution in [0.3, 0.4) is 0 Å². The van der Waals surface area contributed by atoms with Crippen molar-refractivity contribution in [2.75, 3.05) is 0 Å². The van der Waals surface area contributed by atoms with Gasteiger partial charge in [-0.3, -0.25) is 0 Å². The number of hydrogen-bond acceptors (Lipinski definition) is 3. The van der Waals surface area contributed by atoms with Crippen LogP contribution in [0.4, 0.5) is 0 Å². The highest BCUT2D eigenvalue weighted by Crippen LogP contribution is 2.24. The molecule has 19 heavy (non-hydrogen) atoms. The van der Waals surface area contributed by atoms with Gasteiger partial charge in [0.15, 0.2) is 0 Å². The summed E-state index contributed by atoms with van der Waals surface area (Å²) in [5, 5.41) is 9.16. The maximum atomic E-state index is 9.16. The summed E-state index contributed by atoms with van der Waals surface area (Å²) in [6.45, 7) is 5.98. The van der Waals surface area contributed by atoms with Gasteiger partial charge in [0.1, 0.15) is 11.7 Å². The fourth-order valence-corrected chi connectivity index (χ4v) is 2.08. The summed E-state index contributed by atoms with van der Waals surface area (Å²) in [6.07, 6.45) is 0.729. The zero-order valence-electron chi connectivity index (χ0n) is 11.5. The van der Waals surface area contributed by atoms with Gasteiger partial charge in [0.05, 0.1) is 11.8 Å². The third-order valence-electron chi connectivity index (χ3n) is 3.17. The first-order chi connectivity index (χ1) is 9.15. The molecular weight excluding hydrogens is 234 g/mol. The normalized spacial score (nSPS) is 11.9.